The van der Waals surface area contributed by atoms with Gasteiger partial charge in [-0.1, -0.05) is 50.2 Å². The number of alkyl halides is 6. The van der Waals surface area contributed by atoms with Crippen LogP contribution < -0.4 is 11.1 Å². The minimum Gasteiger partial charge on any atom is -0.365 e. The standard InChI is InChI=1S/C32H21F7N6O2S/c1-14(2)15-3-5-17(6-4-15)21-12-23(32(37,38)39)45-28(42-21)20(13-41-45)29(47)44-25-24-19(16-7-9-18(33)10-8-16)11-22(31(34,35)36)43-30(24)48-26(25)27(40)46/h3-14H,1-2H3,(H2,40,46)(H,44,47). The van der Waals surface area contributed by atoms with Crippen molar-refractivity contribution < 1.29 is 40.3 Å². The van der Waals surface area contributed by atoms with E-state index in [1.165, 1.54) is 12.1 Å². The van der Waals surface area contributed by atoms with E-state index >= 15 is 0 Å². The van der Waals surface area contributed by atoms with Crippen LogP contribution in [0.1, 0.15) is 56.7 Å². The number of carbonyl (C=O) groups is 2. The van der Waals surface area contributed by atoms with E-state index in [9.17, 15) is 40.3 Å². The van der Waals surface area contributed by atoms with Crippen LogP contribution in [0, 0.1) is 5.82 Å². The summed E-state index contributed by atoms with van der Waals surface area (Å²) in [7, 11) is 0. The van der Waals surface area contributed by atoms with Gasteiger partial charge in [0.2, 0.25) is 0 Å². The molecule has 6 aromatic rings. The number of pyridine rings is 1. The Bertz CT molecular complexity index is 2220. The smallest absolute Gasteiger partial charge is 0.365 e. The number of primary amides is 1. The van der Waals surface area contributed by atoms with Crippen molar-refractivity contribution in [2.24, 2.45) is 5.73 Å². The third kappa shape index (κ3) is 5.94. The van der Waals surface area contributed by atoms with Crippen LogP contribution in [0.4, 0.5) is 36.4 Å². The van der Waals surface area contributed by atoms with Crippen LogP contribution in [0.3, 0.4) is 0 Å². The Morgan fingerprint density at radius 2 is 1.54 bits per heavy atom. The highest BCUT2D eigenvalue weighted by atomic mass is 32.1. The molecule has 0 bridgehead atoms. The Morgan fingerprint density at radius 3 is 2.12 bits per heavy atom. The lowest BCUT2D eigenvalue weighted by Crippen LogP contribution is -2.18. The molecule has 0 saturated carbocycles. The molecule has 48 heavy (non-hydrogen) atoms. The molecule has 16 heteroatoms. The fourth-order valence-corrected chi connectivity index (χ4v) is 6.09. The first-order valence-electron chi connectivity index (χ1n) is 14.0. The van der Waals surface area contributed by atoms with Crippen LogP contribution in [0.25, 0.3) is 38.2 Å². The van der Waals surface area contributed by atoms with Crippen molar-refractivity contribution >= 4 is 44.7 Å². The van der Waals surface area contributed by atoms with Crippen LogP contribution >= 0.6 is 11.3 Å². The number of hydrogen-bond donors (Lipinski definition) is 2. The summed E-state index contributed by atoms with van der Waals surface area (Å²) < 4.78 is 98.3. The number of rotatable bonds is 6. The fourth-order valence-electron chi connectivity index (χ4n) is 5.09. The van der Waals surface area contributed by atoms with Crippen LogP contribution in [0.5, 0.6) is 0 Å². The van der Waals surface area contributed by atoms with Crippen molar-refractivity contribution in [3.63, 3.8) is 0 Å². The lowest BCUT2D eigenvalue weighted by molar-refractivity contribution is -0.143. The first kappa shape index (κ1) is 32.6. The van der Waals surface area contributed by atoms with Crippen molar-refractivity contribution in [1.29, 1.82) is 0 Å². The number of halogens is 7. The fraction of sp³-hybridized carbons (Fsp3) is 0.156. The highest BCUT2D eigenvalue weighted by Crippen LogP contribution is 2.44. The summed E-state index contributed by atoms with van der Waals surface area (Å²) in [5.74, 6) is -2.74. The summed E-state index contributed by atoms with van der Waals surface area (Å²) in [5, 5.41) is 6.05. The summed E-state index contributed by atoms with van der Waals surface area (Å²) in [5.41, 5.74) is 2.78. The summed E-state index contributed by atoms with van der Waals surface area (Å²) in [4.78, 5) is 33.5. The number of carbonyl (C=O) groups excluding carboxylic acids is 2. The molecule has 0 unspecified atom stereocenters. The maximum Gasteiger partial charge on any atom is 0.433 e. The molecule has 8 nitrogen and oxygen atoms in total. The molecule has 0 saturated heterocycles. The number of nitrogens with zero attached hydrogens (tertiary/aromatic N) is 4. The van der Waals surface area contributed by atoms with E-state index in [4.69, 9.17) is 5.73 Å². The van der Waals surface area contributed by atoms with E-state index < -0.39 is 52.6 Å². The van der Waals surface area contributed by atoms with Gasteiger partial charge in [-0.15, -0.1) is 11.3 Å². The lowest BCUT2D eigenvalue weighted by atomic mass is 10.0. The molecule has 2 aromatic carbocycles. The SMILES string of the molecule is CC(C)c1ccc(-c2cc(C(F)(F)F)n3ncc(C(=O)Nc4c(C(N)=O)sc5nc(C(F)(F)F)cc(-c6ccc(F)cc6)c45)c3n2)cc1. The number of thiophene rings is 1. The molecule has 4 aromatic heterocycles. The van der Waals surface area contributed by atoms with E-state index in [0.717, 1.165) is 30.0 Å². The summed E-state index contributed by atoms with van der Waals surface area (Å²) in [6, 6.07) is 12.5. The van der Waals surface area contributed by atoms with Gasteiger partial charge in [-0.2, -0.15) is 31.4 Å². The zero-order valence-corrected chi connectivity index (χ0v) is 25.5. The number of amides is 2. The molecule has 0 aliphatic heterocycles. The van der Waals surface area contributed by atoms with Crippen molar-refractivity contribution in [1.82, 2.24) is 19.6 Å². The number of anilines is 1. The molecule has 4 heterocycles. The number of hydrogen-bond acceptors (Lipinski definition) is 6. The van der Waals surface area contributed by atoms with Crippen LogP contribution in [-0.2, 0) is 12.4 Å². The average molecular weight is 687 g/mol. The van der Waals surface area contributed by atoms with E-state index in [1.807, 2.05) is 13.8 Å². The molecule has 0 atom stereocenters. The van der Waals surface area contributed by atoms with Gasteiger partial charge in [0, 0.05) is 10.9 Å². The highest BCUT2D eigenvalue weighted by Gasteiger charge is 2.37. The Balaban J connectivity index is 1.53. The minimum absolute atomic E-state index is 0.0826. The predicted molar refractivity (Wildman–Crippen MR) is 164 cm³/mol. The average Bonchev–Trinajstić information content (AvgIpc) is 3.61. The third-order valence-corrected chi connectivity index (χ3v) is 8.55. The minimum atomic E-state index is -4.92. The van der Waals surface area contributed by atoms with E-state index in [-0.39, 0.29) is 43.5 Å². The molecule has 0 fully saturated rings. The highest BCUT2D eigenvalue weighted by molar-refractivity contribution is 7.21. The first-order chi connectivity index (χ1) is 22.5. The van der Waals surface area contributed by atoms with Gasteiger partial charge in [-0.05, 0) is 46.9 Å². The van der Waals surface area contributed by atoms with E-state index in [1.54, 1.807) is 24.3 Å². The first-order valence-corrected chi connectivity index (χ1v) is 14.8. The molecular formula is C32H21F7N6O2S. The van der Waals surface area contributed by atoms with Gasteiger partial charge in [-0.3, -0.25) is 9.59 Å². The molecule has 0 aliphatic rings. The number of nitrogens with one attached hydrogen (secondary N) is 1. The molecule has 3 N–H and O–H groups in total. The normalized spacial score (nSPS) is 12.3. The van der Waals surface area contributed by atoms with Crippen molar-refractivity contribution in [2.45, 2.75) is 32.1 Å². The van der Waals surface area contributed by atoms with Crippen LogP contribution in [-0.4, -0.2) is 31.4 Å². The van der Waals surface area contributed by atoms with Gasteiger partial charge in [0.25, 0.3) is 11.8 Å². The maximum absolute atomic E-state index is 14.2. The molecular weight excluding hydrogens is 665 g/mol. The molecule has 0 spiro atoms. The van der Waals surface area contributed by atoms with E-state index in [2.05, 4.69) is 20.4 Å². The van der Waals surface area contributed by atoms with Gasteiger partial charge in [0.15, 0.2) is 11.3 Å². The number of benzene rings is 2. The molecule has 246 valence electrons. The maximum atomic E-state index is 14.2. The Hall–Kier alpha value is -5.38. The molecule has 2 amide bonds. The van der Waals surface area contributed by atoms with Crippen LogP contribution in [0.15, 0.2) is 66.9 Å². The zero-order valence-electron chi connectivity index (χ0n) is 24.7. The zero-order chi connectivity index (χ0) is 34.7. The second-order valence-electron chi connectivity index (χ2n) is 11.0. The summed E-state index contributed by atoms with van der Waals surface area (Å²) in [6.07, 6.45) is -8.99. The Labute approximate surface area is 270 Å². The number of fused-ring (bicyclic) bond motifs is 2. The number of aromatic nitrogens is 4. The van der Waals surface area contributed by atoms with E-state index in [0.29, 0.717) is 27.5 Å². The largest absolute Gasteiger partial charge is 0.433 e. The van der Waals surface area contributed by atoms with Crippen molar-refractivity contribution in [2.75, 3.05) is 5.32 Å². The van der Waals surface area contributed by atoms with Crippen molar-refractivity contribution in [3.8, 4) is 22.4 Å². The third-order valence-electron chi connectivity index (χ3n) is 7.45. The topological polar surface area (TPSA) is 115 Å². The monoisotopic (exact) mass is 686 g/mol. The lowest BCUT2D eigenvalue weighted by Gasteiger charge is -2.13. The molecule has 0 aliphatic carbocycles. The second kappa shape index (κ2) is 11.7. The second-order valence-corrected chi connectivity index (χ2v) is 12.0. The van der Waals surface area contributed by atoms with Gasteiger partial charge < -0.3 is 11.1 Å². The summed E-state index contributed by atoms with van der Waals surface area (Å²) in [6.45, 7) is 3.90. The predicted octanol–water partition coefficient (Wildman–Crippen LogP) is 8.32. The van der Waals surface area contributed by atoms with Crippen molar-refractivity contribution in [3.05, 3.63) is 100 Å². The van der Waals surface area contributed by atoms with Crippen LogP contribution in [0.2, 0.25) is 0 Å². The Kier molecular flexibility index (Phi) is 7.93. The summed E-state index contributed by atoms with van der Waals surface area (Å²) >= 11 is 0.466. The van der Waals surface area contributed by atoms with Gasteiger partial charge in [0.05, 0.1) is 17.6 Å². The van der Waals surface area contributed by atoms with Gasteiger partial charge in [-0.25, -0.2) is 18.9 Å². The molecule has 0 radical (unpaired) electrons. The van der Waals surface area contributed by atoms with Gasteiger partial charge >= 0.3 is 12.4 Å². The number of nitrogens with two attached hydrogens (primary N) is 1. The quantitative estimate of drug-likeness (QED) is 0.171. The van der Waals surface area contributed by atoms with Gasteiger partial charge in [0.1, 0.15) is 26.8 Å². The molecule has 6 rings (SSSR count). The Morgan fingerprint density at radius 1 is 0.896 bits per heavy atom.